The summed E-state index contributed by atoms with van der Waals surface area (Å²) >= 11 is 1.55. The second-order valence-electron chi connectivity index (χ2n) is 5.93. The highest BCUT2D eigenvalue weighted by molar-refractivity contribution is 7.89. The number of nitro benzene ring substituents is 1. The standard InChI is InChI=1S/C16H19N3O4S2/c1-12(16-5-4-10-24-16)17-14-7-6-13(11-15(14)19(20)21)25(22,23)18-8-2-3-9-18/h4-7,10-12,17H,2-3,8-9H2,1H3/t12-/m1/s1. The number of sulfonamides is 1. The molecule has 1 aromatic carbocycles. The first-order valence-corrected chi connectivity index (χ1v) is 10.3. The number of anilines is 1. The Hall–Kier alpha value is -1.97. The molecule has 0 saturated carbocycles. The van der Waals surface area contributed by atoms with E-state index in [1.54, 1.807) is 11.3 Å². The van der Waals surface area contributed by atoms with E-state index >= 15 is 0 Å². The summed E-state index contributed by atoms with van der Waals surface area (Å²) in [4.78, 5) is 11.9. The van der Waals surface area contributed by atoms with Crippen LogP contribution < -0.4 is 5.32 Å². The zero-order valence-corrected chi connectivity index (χ0v) is 15.3. The van der Waals surface area contributed by atoms with Gasteiger partial charge in [0, 0.05) is 24.0 Å². The highest BCUT2D eigenvalue weighted by Crippen LogP contribution is 2.33. The predicted molar refractivity (Wildman–Crippen MR) is 97.4 cm³/mol. The summed E-state index contributed by atoms with van der Waals surface area (Å²) in [6, 6.07) is 7.81. The van der Waals surface area contributed by atoms with Crippen molar-refractivity contribution in [1.82, 2.24) is 4.31 Å². The van der Waals surface area contributed by atoms with E-state index in [1.807, 2.05) is 24.4 Å². The molecule has 1 aliphatic rings. The van der Waals surface area contributed by atoms with Gasteiger partial charge in [0.2, 0.25) is 10.0 Å². The zero-order chi connectivity index (χ0) is 18.0. The van der Waals surface area contributed by atoms with Crippen LogP contribution in [0.1, 0.15) is 30.7 Å². The second-order valence-corrected chi connectivity index (χ2v) is 8.85. The number of nitrogens with one attached hydrogen (secondary N) is 1. The molecule has 7 nitrogen and oxygen atoms in total. The van der Waals surface area contributed by atoms with Crippen LogP contribution in [-0.4, -0.2) is 30.7 Å². The maximum atomic E-state index is 12.6. The highest BCUT2D eigenvalue weighted by atomic mass is 32.2. The summed E-state index contributed by atoms with van der Waals surface area (Å²) in [5, 5.41) is 16.5. The molecule has 1 atom stereocenters. The van der Waals surface area contributed by atoms with Gasteiger partial charge in [-0.1, -0.05) is 6.07 Å². The lowest BCUT2D eigenvalue weighted by atomic mass is 10.2. The Bertz CT molecular complexity index is 860. The van der Waals surface area contributed by atoms with Crippen molar-refractivity contribution in [3.05, 3.63) is 50.7 Å². The number of benzene rings is 1. The van der Waals surface area contributed by atoms with Crippen LogP contribution in [0.25, 0.3) is 0 Å². The number of nitro groups is 1. The molecule has 3 rings (SSSR count). The fourth-order valence-corrected chi connectivity index (χ4v) is 5.14. The molecule has 134 valence electrons. The van der Waals surface area contributed by atoms with Crippen LogP contribution in [-0.2, 0) is 10.0 Å². The minimum atomic E-state index is -3.68. The van der Waals surface area contributed by atoms with E-state index in [2.05, 4.69) is 5.32 Å². The fourth-order valence-electron chi connectivity index (χ4n) is 2.86. The first kappa shape index (κ1) is 17.8. The first-order valence-electron chi connectivity index (χ1n) is 7.98. The molecule has 0 spiro atoms. The first-order chi connectivity index (χ1) is 11.9. The van der Waals surface area contributed by atoms with Crippen LogP contribution in [0.4, 0.5) is 11.4 Å². The van der Waals surface area contributed by atoms with Crippen molar-refractivity contribution in [3.8, 4) is 0 Å². The Morgan fingerprint density at radius 1 is 1.28 bits per heavy atom. The zero-order valence-electron chi connectivity index (χ0n) is 13.7. The topological polar surface area (TPSA) is 92.6 Å². The third-order valence-corrected chi connectivity index (χ3v) is 7.16. The van der Waals surface area contributed by atoms with E-state index in [9.17, 15) is 18.5 Å². The molecule has 0 unspecified atom stereocenters. The van der Waals surface area contributed by atoms with Gasteiger partial charge in [-0.15, -0.1) is 11.3 Å². The van der Waals surface area contributed by atoms with Gasteiger partial charge in [0.1, 0.15) is 5.69 Å². The van der Waals surface area contributed by atoms with E-state index in [0.717, 1.165) is 23.8 Å². The third kappa shape index (κ3) is 3.68. The lowest BCUT2D eigenvalue weighted by molar-refractivity contribution is -0.384. The van der Waals surface area contributed by atoms with Crippen molar-refractivity contribution < 1.29 is 13.3 Å². The fraction of sp³-hybridized carbons (Fsp3) is 0.375. The molecular formula is C16H19N3O4S2. The molecule has 0 aliphatic carbocycles. The molecule has 1 aromatic heterocycles. The van der Waals surface area contributed by atoms with Crippen molar-refractivity contribution in [2.45, 2.75) is 30.7 Å². The molecule has 0 amide bonds. The van der Waals surface area contributed by atoms with E-state index in [-0.39, 0.29) is 16.6 Å². The van der Waals surface area contributed by atoms with Crippen molar-refractivity contribution >= 4 is 32.7 Å². The van der Waals surface area contributed by atoms with Crippen LogP contribution in [0.5, 0.6) is 0 Å². The van der Waals surface area contributed by atoms with Gasteiger partial charge in [-0.3, -0.25) is 10.1 Å². The van der Waals surface area contributed by atoms with Crippen LogP contribution >= 0.6 is 11.3 Å². The summed E-state index contributed by atoms with van der Waals surface area (Å²) in [5.41, 5.74) is 0.0787. The molecule has 0 radical (unpaired) electrons. The second kappa shape index (κ2) is 7.11. The van der Waals surface area contributed by atoms with Crippen molar-refractivity contribution in [1.29, 1.82) is 0 Å². The molecule has 1 saturated heterocycles. The Kier molecular flexibility index (Phi) is 5.07. The molecule has 2 aromatic rings. The summed E-state index contributed by atoms with van der Waals surface area (Å²) < 4.78 is 26.6. The Labute approximate surface area is 150 Å². The number of thiophene rings is 1. The van der Waals surface area contributed by atoms with E-state index < -0.39 is 14.9 Å². The molecular weight excluding hydrogens is 362 g/mol. The van der Waals surface area contributed by atoms with Gasteiger partial charge in [-0.05, 0) is 43.3 Å². The maximum Gasteiger partial charge on any atom is 0.293 e. The summed E-state index contributed by atoms with van der Waals surface area (Å²) in [7, 11) is -3.68. The smallest absolute Gasteiger partial charge is 0.293 e. The van der Waals surface area contributed by atoms with Gasteiger partial charge < -0.3 is 5.32 Å². The Morgan fingerprint density at radius 3 is 2.60 bits per heavy atom. The molecule has 9 heteroatoms. The number of nitrogens with zero attached hydrogens (tertiary/aromatic N) is 2. The highest BCUT2D eigenvalue weighted by Gasteiger charge is 2.29. The molecule has 25 heavy (non-hydrogen) atoms. The Balaban J connectivity index is 1.92. The maximum absolute atomic E-state index is 12.6. The van der Waals surface area contributed by atoms with Crippen LogP contribution in [0.2, 0.25) is 0 Å². The van der Waals surface area contributed by atoms with Gasteiger partial charge in [-0.2, -0.15) is 4.31 Å². The van der Waals surface area contributed by atoms with Crippen LogP contribution in [0.3, 0.4) is 0 Å². The van der Waals surface area contributed by atoms with Crippen molar-refractivity contribution in [2.75, 3.05) is 18.4 Å². The van der Waals surface area contributed by atoms with Gasteiger partial charge in [0.15, 0.2) is 0 Å². The predicted octanol–water partition coefficient (Wildman–Crippen LogP) is 3.61. The average Bonchev–Trinajstić information content (AvgIpc) is 3.28. The summed E-state index contributed by atoms with van der Waals surface area (Å²) in [6.45, 7) is 2.83. The lowest BCUT2D eigenvalue weighted by Crippen LogP contribution is -2.27. The quantitative estimate of drug-likeness (QED) is 0.609. The normalized spacial score (nSPS) is 16.7. The SMILES string of the molecule is C[C@@H](Nc1ccc(S(=O)(=O)N2CCCC2)cc1[N+](=O)[O-])c1cccs1. The molecule has 1 fully saturated rings. The number of rotatable bonds is 6. The molecule has 1 aliphatic heterocycles. The van der Waals surface area contributed by atoms with Crippen LogP contribution in [0.15, 0.2) is 40.6 Å². The van der Waals surface area contributed by atoms with Crippen molar-refractivity contribution in [2.24, 2.45) is 0 Å². The molecule has 2 heterocycles. The minimum Gasteiger partial charge on any atom is -0.372 e. The van der Waals surface area contributed by atoms with Gasteiger partial charge in [0.25, 0.3) is 5.69 Å². The van der Waals surface area contributed by atoms with E-state index in [1.165, 1.54) is 16.4 Å². The Morgan fingerprint density at radius 2 is 2.00 bits per heavy atom. The minimum absolute atomic E-state index is 0.0320. The average molecular weight is 381 g/mol. The van der Waals surface area contributed by atoms with E-state index in [4.69, 9.17) is 0 Å². The van der Waals surface area contributed by atoms with Gasteiger partial charge >= 0.3 is 0 Å². The monoisotopic (exact) mass is 381 g/mol. The number of hydrogen-bond donors (Lipinski definition) is 1. The molecule has 0 bridgehead atoms. The van der Waals surface area contributed by atoms with E-state index in [0.29, 0.717) is 18.8 Å². The molecule has 1 N–H and O–H groups in total. The van der Waals surface area contributed by atoms with Crippen molar-refractivity contribution in [3.63, 3.8) is 0 Å². The summed E-state index contributed by atoms with van der Waals surface area (Å²) in [5.74, 6) is 0. The van der Waals surface area contributed by atoms with Crippen LogP contribution in [0, 0.1) is 10.1 Å². The summed E-state index contributed by atoms with van der Waals surface area (Å²) in [6.07, 6.45) is 1.64. The largest absolute Gasteiger partial charge is 0.372 e. The van der Waals surface area contributed by atoms with Gasteiger partial charge in [0.05, 0.1) is 15.9 Å². The van der Waals surface area contributed by atoms with Gasteiger partial charge in [-0.25, -0.2) is 8.42 Å². The lowest BCUT2D eigenvalue weighted by Gasteiger charge is -2.17. The number of hydrogen-bond acceptors (Lipinski definition) is 6. The third-order valence-electron chi connectivity index (χ3n) is 4.21.